The Hall–Kier alpha value is -2.24. The number of hydrogen-bond donors (Lipinski definition) is 1. The van der Waals surface area contributed by atoms with Gasteiger partial charge in [-0.25, -0.2) is 0 Å². The van der Waals surface area contributed by atoms with Crippen LogP contribution in [-0.2, 0) is 11.3 Å². The van der Waals surface area contributed by atoms with Gasteiger partial charge in [-0.2, -0.15) is 0 Å². The van der Waals surface area contributed by atoms with E-state index in [1.807, 2.05) is 6.07 Å². The van der Waals surface area contributed by atoms with Gasteiger partial charge in [-0.1, -0.05) is 9.84 Å². The molecule has 0 bridgehead atoms. The lowest BCUT2D eigenvalue weighted by molar-refractivity contribution is -0.752. The largest absolute Gasteiger partial charge is 0.481 e. The van der Waals surface area contributed by atoms with Crippen LogP contribution in [0.1, 0.15) is 6.42 Å². The van der Waals surface area contributed by atoms with Crippen LogP contribution in [-0.4, -0.2) is 21.3 Å². The molecular weight excluding hydrogens is 210 g/mol. The van der Waals surface area contributed by atoms with Crippen LogP contribution in [0.2, 0.25) is 0 Å². The highest BCUT2D eigenvalue weighted by atomic mass is 16.5. The molecule has 6 nitrogen and oxygen atoms in total. The van der Waals surface area contributed by atoms with E-state index in [1.54, 1.807) is 23.1 Å². The Kier molecular flexibility index (Phi) is 2.90. The lowest BCUT2D eigenvalue weighted by Gasteiger charge is -1.93. The monoisotopic (exact) mass is 220 g/mol. The molecule has 0 amide bonds. The summed E-state index contributed by atoms with van der Waals surface area (Å²) in [4.78, 5) is 10.4. The molecule has 82 valence electrons. The standard InChI is InChI=1S/C10H9N3O3/c14-10(15)2-5-13-4-1-8(7-11-13)9-3-6-16-12-9/h1,3-4,6-7H,2,5H2/p+1. The van der Waals surface area contributed by atoms with E-state index >= 15 is 0 Å². The summed E-state index contributed by atoms with van der Waals surface area (Å²) in [6.07, 6.45) is 4.88. The first kappa shape index (κ1) is 10.3. The highest BCUT2D eigenvalue weighted by Gasteiger charge is 2.08. The van der Waals surface area contributed by atoms with Gasteiger partial charge in [-0.05, 0) is 5.10 Å². The van der Waals surface area contributed by atoms with Gasteiger partial charge in [0, 0.05) is 17.7 Å². The molecule has 2 rings (SSSR count). The van der Waals surface area contributed by atoms with Gasteiger partial charge in [0.05, 0.1) is 0 Å². The summed E-state index contributed by atoms with van der Waals surface area (Å²) in [6, 6.07) is 3.55. The van der Waals surface area contributed by atoms with Crippen molar-refractivity contribution in [2.75, 3.05) is 0 Å². The number of aromatic nitrogens is 3. The third-order valence-electron chi connectivity index (χ3n) is 2.06. The molecule has 0 aliphatic rings. The van der Waals surface area contributed by atoms with Crippen LogP contribution >= 0.6 is 0 Å². The van der Waals surface area contributed by atoms with Gasteiger partial charge in [0.15, 0.2) is 12.7 Å². The summed E-state index contributed by atoms with van der Waals surface area (Å²) < 4.78 is 6.28. The zero-order chi connectivity index (χ0) is 11.4. The van der Waals surface area contributed by atoms with Crippen LogP contribution < -0.4 is 4.68 Å². The number of aryl methyl sites for hydroxylation is 1. The molecule has 0 aliphatic carbocycles. The molecule has 0 radical (unpaired) electrons. The fourth-order valence-electron chi connectivity index (χ4n) is 1.24. The second-order valence-electron chi connectivity index (χ2n) is 3.21. The number of carboxylic acid groups (broad SMARTS) is 1. The van der Waals surface area contributed by atoms with Crippen LogP contribution in [0.15, 0.2) is 35.3 Å². The van der Waals surface area contributed by atoms with E-state index < -0.39 is 5.97 Å². The van der Waals surface area contributed by atoms with Crippen LogP contribution in [0.3, 0.4) is 0 Å². The highest BCUT2D eigenvalue weighted by molar-refractivity contribution is 5.66. The lowest BCUT2D eigenvalue weighted by Crippen LogP contribution is -2.38. The third-order valence-corrected chi connectivity index (χ3v) is 2.06. The molecule has 0 fully saturated rings. The Morgan fingerprint density at radius 1 is 1.50 bits per heavy atom. The van der Waals surface area contributed by atoms with Gasteiger partial charge in [0.25, 0.3) is 0 Å². The van der Waals surface area contributed by atoms with E-state index in [0.717, 1.165) is 5.56 Å². The smallest absolute Gasteiger partial charge is 0.309 e. The third kappa shape index (κ3) is 2.41. The number of nitrogens with zero attached hydrogens (tertiary/aromatic N) is 3. The maximum absolute atomic E-state index is 10.4. The Balaban J connectivity index is 2.08. The fourth-order valence-corrected chi connectivity index (χ4v) is 1.24. The summed E-state index contributed by atoms with van der Waals surface area (Å²) in [6.45, 7) is 0.356. The van der Waals surface area contributed by atoms with Gasteiger partial charge < -0.3 is 9.63 Å². The van der Waals surface area contributed by atoms with Gasteiger partial charge in [0.2, 0.25) is 0 Å². The summed E-state index contributed by atoms with van der Waals surface area (Å²) in [7, 11) is 0. The first-order chi connectivity index (χ1) is 7.75. The predicted molar refractivity (Wildman–Crippen MR) is 52.2 cm³/mol. The molecular formula is C10H10N3O3+. The van der Waals surface area contributed by atoms with E-state index in [2.05, 4.69) is 10.3 Å². The maximum Gasteiger partial charge on any atom is 0.309 e. The highest BCUT2D eigenvalue weighted by Crippen LogP contribution is 2.13. The Bertz CT molecular complexity index is 465. The number of carbonyl (C=O) groups is 1. The van der Waals surface area contributed by atoms with Crippen molar-refractivity contribution in [3.05, 3.63) is 30.8 Å². The average molecular weight is 220 g/mol. The average Bonchev–Trinajstić information content (AvgIpc) is 2.80. The van der Waals surface area contributed by atoms with Crippen molar-refractivity contribution in [1.82, 2.24) is 10.3 Å². The van der Waals surface area contributed by atoms with Crippen molar-refractivity contribution in [3.8, 4) is 11.3 Å². The van der Waals surface area contributed by atoms with Crippen molar-refractivity contribution in [2.45, 2.75) is 13.0 Å². The quantitative estimate of drug-likeness (QED) is 0.759. The lowest BCUT2D eigenvalue weighted by atomic mass is 10.2. The minimum absolute atomic E-state index is 0.0565. The number of hydrogen-bond acceptors (Lipinski definition) is 4. The molecule has 2 heterocycles. The van der Waals surface area contributed by atoms with Gasteiger partial charge >= 0.3 is 5.97 Å². The predicted octanol–water partition coefficient (Wildman–Crippen LogP) is 0.499. The second kappa shape index (κ2) is 4.52. The van der Waals surface area contributed by atoms with Crippen LogP contribution in [0.5, 0.6) is 0 Å². The Labute approximate surface area is 91.1 Å². The van der Waals surface area contributed by atoms with Crippen molar-refractivity contribution >= 4 is 5.97 Å². The molecule has 2 aromatic heterocycles. The molecule has 0 unspecified atom stereocenters. The topological polar surface area (TPSA) is 80.1 Å². The molecule has 0 spiro atoms. The molecule has 0 saturated heterocycles. The van der Waals surface area contributed by atoms with Crippen molar-refractivity contribution in [3.63, 3.8) is 0 Å². The van der Waals surface area contributed by atoms with Crippen molar-refractivity contribution in [2.24, 2.45) is 0 Å². The number of aliphatic carboxylic acids is 1. The van der Waals surface area contributed by atoms with Crippen LogP contribution in [0.25, 0.3) is 11.3 Å². The normalized spacial score (nSPS) is 10.2. The number of rotatable bonds is 4. The van der Waals surface area contributed by atoms with E-state index in [0.29, 0.717) is 12.2 Å². The minimum atomic E-state index is -0.838. The molecule has 0 saturated carbocycles. The van der Waals surface area contributed by atoms with Gasteiger partial charge in [-0.3, -0.25) is 4.79 Å². The summed E-state index contributed by atoms with van der Waals surface area (Å²) in [5.74, 6) is -0.838. The molecule has 0 aromatic carbocycles. The summed E-state index contributed by atoms with van der Waals surface area (Å²) in [5.41, 5.74) is 1.54. The summed E-state index contributed by atoms with van der Waals surface area (Å²) >= 11 is 0. The SMILES string of the molecule is O=C(O)CC[n+]1ccc(-c2ccon2)cn1. The summed E-state index contributed by atoms with van der Waals surface area (Å²) in [5, 5.41) is 16.4. The molecule has 1 N–H and O–H groups in total. The molecule has 0 aliphatic heterocycles. The van der Waals surface area contributed by atoms with E-state index in [9.17, 15) is 4.79 Å². The fraction of sp³-hybridized carbons (Fsp3) is 0.200. The zero-order valence-corrected chi connectivity index (χ0v) is 8.41. The van der Waals surface area contributed by atoms with Crippen molar-refractivity contribution < 1.29 is 19.1 Å². The van der Waals surface area contributed by atoms with E-state index in [-0.39, 0.29) is 6.42 Å². The zero-order valence-electron chi connectivity index (χ0n) is 8.41. The van der Waals surface area contributed by atoms with Gasteiger partial charge in [-0.15, -0.1) is 0 Å². The molecule has 16 heavy (non-hydrogen) atoms. The Morgan fingerprint density at radius 3 is 2.94 bits per heavy atom. The Morgan fingerprint density at radius 2 is 2.38 bits per heavy atom. The molecule has 6 heteroatoms. The van der Waals surface area contributed by atoms with Crippen molar-refractivity contribution in [1.29, 1.82) is 0 Å². The first-order valence-electron chi connectivity index (χ1n) is 4.74. The first-order valence-corrected chi connectivity index (χ1v) is 4.74. The second-order valence-corrected chi connectivity index (χ2v) is 3.21. The van der Waals surface area contributed by atoms with E-state index in [4.69, 9.17) is 9.63 Å². The van der Waals surface area contributed by atoms with Crippen LogP contribution in [0, 0.1) is 0 Å². The minimum Gasteiger partial charge on any atom is -0.481 e. The number of carboxylic acids is 1. The van der Waals surface area contributed by atoms with E-state index in [1.165, 1.54) is 6.26 Å². The van der Waals surface area contributed by atoms with Gasteiger partial charge in [0.1, 0.15) is 24.6 Å². The molecule has 0 atom stereocenters. The molecule has 2 aromatic rings. The van der Waals surface area contributed by atoms with Crippen LogP contribution in [0.4, 0.5) is 0 Å². The maximum atomic E-state index is 10.4.